The third-order valence-electron chi connectivity index (χ3n) is 11.3. The molecule has 1 radical (unpaired) electrons. The van der Waals surface area contributed by atoms with Crippen LogP contribution in [0.3, 0.4) is 0 Å². The monoisotopic (exact) mass is 855 g/mol. The predicted molar refractivity (Wildman–Crippen MR) is 203 cm³/mol. The van der Waals surface area contributed by atoms with Crippen molar-refractivity contribution in [2.24, 2.45) is 16.2 Å². The molecule has 3 heterocycles. The van der Waals surface area contributed by atoms with Gasteiger partial charge < -0.3 is 14.6 Å². The van der Waals surface area contributed by atoms with E-state index in [9.17, 15) is 9.90 Å². The number of ether oxygens (including phenoxy) is 2. The third-order valence-corrected chi connectivity index (χ3v) is 11.3. The molecule has 1 N–H and O–H groups in total. The Morgan fingerprint density at radius 1 is 0.940 bits per heavy atom. The molecule has 0 amide bonds. The van der Waals surface area contributed by atoms with Crippen LogP contribution in [0.5, 0.6) is 11.5 Å². The topological polar surface area (TPSA) is 68.7 Å². The van der Waals surface area contributed by atoms with Crippen LogP contribution in [-0.2, 0) is 36.1 Å². The number of rotatable bonds is 9. The first kappa shape index (κ1) is 39.7. The molecule has 0 aliphatic carbocycles. The molecule has 4 aromatic rings. The minimum atomic E-state index is -0.337. The summed E-state index contributed by atoms with van der Waals surface area (Å²) in [6.45, 7) is 20.6. The number of aliphatic hydroxyl groups is 1. The Hall–Kier alpha value is -3.05. The van der Waals surface area contributed by atoms with E-state index < -0.39 is 0 Å². The number of pyridine rings is 1. The molecule has 1 saturated heterocycles. The fourth-order valence-electron chi connectivity index (χ4n) is 6.94. The number of carbonyl (C=O) groups is 1. The van der Waals surface area contributed by atoms with E-state index >= 15 is 0 Å². The maximum atomic E-state index is 12.2. The van der Waals surface area contributed by atoms with Crippen LogP contribution in [-0.4, -0.2) is 29.1 Å². The Labute approximate surface area is 313 Å². The molecule has 2 aliphatic rings. The van der Waals surface area contributed by atoms with E-state index in [1.54, 1.807) is 0 Å². The average molecular weight is 855 g/mol. The third kappa shape index (κ3) is 8.19. The molecule has 0 unspecified atom stereocenters. The maximum Gasteiger partial charge on any atom is 0.164 e. The summed E-state index contributed by atoms with van der Waals surface area (Å²) in [6.07, 6.45) is 9.73. The van der Waals surface area contributed by atoms with E-state index in [1.807, 2.05) is 47.7 Å². The van der Waals surface area contributed by atoms with Crippen molar-refractivity contribution in [3.63, 3.8) is 0 Å². The van der Waals surface area contributed by atoms with Crippen molar-refractivity contribution in [2.45, 2.75) is 113 Å². The second-order valence-electron chi connectivity index (χ2n) is 15.8. The van der Waals surface area contributed by atoms with Crippen LogP contribution >= 0.6 is 0 Å². The first-order chi connectivity index (χ1) is 23.3. The number of carbonyl (C=O) groups excluding carboxylic acids is 1. The number of benzene rings is 3. The van der Waals surface area contributed by atoms with Crippen LogP contribution in [0.1, 0.15) is 118 Å². The van der Waals surface area contributed by atoms with Gasteiger partial charge in [-0.3, -0.25) is 9.78 Å². The Bertz CT molecular complexity index is 1840. The van der Waals surface area contributed by atoms with Crippen molar-refractivity contribution in [1.29, 1.82) is 0 Å². The summed E-state index contributed by atoms with van der Waals surface area (Å²) in [5.74, 6) is 2.66. The van der Waals surface area contributed by atoms with Crippen LogP contribution < -0.4 is 4.74 Å². The van der Waals surface area contributed by atoms with Crippen LogP contribution in [0, 0.1) is 22.3 Å². The number of ketones is 1. The first-order valence-corrected chi connectivity index (χ1v) is 18.4. The van der Waals surface area contributed by atoms with E-state index in [2.05, 4.69) is 69.3 Å². The molecule has 0 saturated carbocycles. The minimum Gasteiger partial charge on any atom is -0.512 e. The molecule has 5 nitrogen and oxygen atoms in total. The van der Waals surface area contributed by atoms with Crippen molar-refractivity contribution >= 4 is 27.3 Å². The Kier molecular flexibility index (Phi) is 12.8. The summed E-state index contributed by atoms with van der Waals surface area (Å²) in [7, 11) is 0. The summed E-state index contributed by atoms with van der Waals surface area (Å²) >= 11 is 0. The Morgan fingerprint density at radius 2 is 1.58 bits per heavy atom. The summed E-state index contributed by atoms with van der Waals surface area (Å²) in [6, 6.07) is 18.9. The molecule has 50 heavy (non-hydrogen) atoms. The minimum absolute atomic E-state index is 0. The molecule has 3 aromatic carbocycles. The van der Waals surface area contributed by atoms with Crippen molar-refractivity contribution in [3.05, 3.63) is 77.7 Å². The van der Waals surface area contributed by atoms with E-state index in [1.165, 1.54) is 28.0 Å². The smallest absolute Gasteiger partial charge is 0.164 e. The summed E-state index contributed by atoms with van der Waals surface area (Å²) in [5.41, 5.74) is 4.10. The summed E-state index contributed by atoms with van der Waals surface area (Å²) in [5, 5.41) is 14.8. The van der Waals surface area contributed by atoms with Gasteiger partial charge in [0.15, 0.2) is 5.78 Å². The zero-order valence-electron chi connectivity index (χ0n) is 31.6. The van der Waals surface area contributed by atoms with Gasteiger partial charge in [0.05, 0.1) is 5.75 Å². The van der Waals surface area contributed by atoms with Crippen molar-refractivity contribution in [2.75, 3.05) is 13.2 Å². The molecule has 0 bridgehead atoms. The fraction of sp³-hybridized carbons (Fsp3) is 0.500. The summed E-state index contributed by atoms with van der Waals surface area (Å²) in [4.78, 5) is 17.0. The van der Waals surface area contributed by atoms with Crippen molar-refractivity contribution < 1.29 is 39.5 Å². The molecule has 1 fully saturated rings. The number of aliphatic hydroxyl groups excluding tert-OH is 1. The first-order valence-electron chi connectivity index (χ1n) is 18.4. The van der Waals surface area contributed by atoms with E-state index in [-0.39, 0.29) is 47.9 Å². The average Bonchev–Trinajstić information content (AvgIpc) is 3.11. The normalized spacial score (nSPS) is 15.1. The van der Waals surface area contributed by atoms with Gasteiger partial charge in [-0.05, 0) is 79.4 Å². The fourth-order valence-corrected chi connectivity index (χ4v) is 6.94. The van der Waals surface area contributed by atoms with Crippen LogP contribution in [0.2, 0.25) is 0 Å². The number of nitrogens with zero attached hydrogens (tertiary/aromatic N) is 1. The quantitative estimate of drug-likeness (QED) is 0.0909. The predicted octanol–water partition coefficient (Wildman–Crippen LogP) is 12.1. The number of fused-ring (bicyclic) bond motifs is 3. The van der Waals surface area contributed by atoms with Gasteiger partial charge in [-0.1, -0.05) is 103 Å². The molecule has 6 rings (SSSR count). The second-order valence-corrected chi connectivity index (χ2v) is 15.8. The molecule has 6 heteroatoms. The van der Waals surface area contributed by atoms with Crippen LogP contribution in [0.4, 0.5) is 0 Å². The molecule has 2 aliphatic heterocycles. The molecule has 0 spiro atoms. The Morgan fingerprint density at radius 3 is 2.20 bits per heavy atom. The van der Waals surface area contributed by atoms with Crippen molar-refractivity contribution in [3.8, 4) is 22.8 Å². The number of hydrogen-bond donors (Lipinski definition) is 1. The van der Waals surface area contributed by atoms with E-state index in [0.29, 0.717) is 5.92 Å². The largest absolute Gasteiger partial charge is 0.512 e. The van der Waals surface area contributed by atoms with Crippen molar-refractivity contribution in [1.82, 2.24) is 4.98 Å². The van der Waals surface area contributed by atoms with Gasteiger partial charge in [0.1, 0.15) is 11.5 Å². The van der Waals surface area contributed by atoms with Gasteiger partial charge in [-0.2, -0.15) is 0 Å². The van der Waals surface area contributed by atoms with Gasteiger partial charge >= 0.3 is 0 Å². The Balaban J connectivity index is 0.000000269. The SMILES string of the molecule is CC(C)(C)Cc1c2c([c-]c3ccccc13)-c1nccc3cc(C4CCOCC4)cc(c13)O2.CCC(C)(CC)C(=O)/C=C(\O)C(C)(CC)CC.[Ir]. The maximum absolute atomic E-state index is 12.2. The van der Waals surface area contributed by atoms with Gasteiger partial charge in [0, 0.05) is 67.5 Å². The van der Waals surface area contributed by atoms with Crippen LogP contribution in [0.25, 0.3) is 32.8 Å². The molecule has 0 atom stereocenters. The number of aromatic nitrogens is 1. The van der Waals surface area contributed by atoms with Gasteiger partial charge in [0.2, 0.25) is 0 Å². The van der Waals surface area contributed by atoms with Gasteiger partial charge in [-0.25, -0.2) is 0 Å². The van der Waals surface area contributed by atoms with Crippen LogP contribution in [0.15, 0.2) is 60.5 Å². The van der Waals surface area contributed by atoms with E-state index in [0.717, 1.165) is 91.7 Å². The molecule has 1 aromatic heterocycles. The zero-order chi connectivity index (χ0) is 35.6. The molecular weight excluding hydrogens is 799 g/mol. The van der Waals surface area contributed by atoms with E-state index in [4.69, 9.17) is 14.5 Å². The number of hydrogen-bond acceptors (Lipinski definition) is 5. The van der Waals surface area contributed by atoms with Gasteiger partial charge in [0.25, 0.3) is 0 Å². The second kappa shape index (κ2) is 16.1. The zero-order valence-corrected chi connectivity index (χ0v) is 34.0. The summed E-state index contributed by atoms with van der Waals surface area (Å²) < 4.78 is 12.4. The number of allylic oxidation sites excluding steroid dienone is 2. The molecular formula is C44H56IrNO4-. The standard InChI is InChI=1S/C29H28NO2.C15H28O2.Ir/c1-29(2,3)17-24-22-7-5-4-6-19(22)15-23-27-26-20(8-11-30-27)14-21(16-25(26)32-28(23)24)18-9-12-31-13-10-18;1-7-14(5,8-2)12(16)11-13(17)15(6,9-3)10-4;/h4-8,11,14,16,18H,9-10,12-13,17H2,1-3H3;11,16H,7-10H2,1-6H3;/q-1;;/b;12-11-;. The molecule has 271 valence electrons. The van der Waals surface area contributed by atoms with Gasteiger partial charge in [-0.15, -0.1) is 17.5 Å².